The lowest BCUT2D eigenvalue weighted by atomic mass is 10.1. The van der Waals surface area contributed by atoms with Crippen LogP contribution in [0.3, 0.4) is 0 Å². The highest BCUT2D eigenvalue weighted by Crippen LogP contribution is 2.36. The van der Waals surface area contributed by atoms with Gasteiger partial charge in [0.1, 0.15) is 16.7 Å². The van der Waals surface area contributed by atoms with Crippen molar-refractivity contribution in [3.63, 3.8) is 0 Å². The van der Waals surface area contributed by atoms with Gasteiger partial charge in [-0.15, -0.1) is 0 Å². The number of amides is 1. The lowest BCUT2D eigenvalue weighted by Crippen LogP contribution is -2.19. The molecule has 1 aromatic heterocycles. The number of nitrogens with zero attached hydrogens (tertiary/aromatic N) is 1. The van der Waals surface area contributed by atoms with Gasteiger partial charge in [0.25, 0.3) is 0 Å². The molecule has 4 aromatic rings. The summed E-state index contributed by atoms with van der Waals surface area (Å²) >= 11 is 1.37. The molecule has 0 fully saturated rings. The Morgan fingerprint density at radius 1 is 0.967 bits per heavy atom. The molecule has 0 aliphatic heterocycles. The van der Waals surface area contributed by atoms with Crippen LogP contribution in [0.15, 0.2) is 78.0 Å². The Morgan fingerprint density at radius 3 is 2.50 bits per heavy atom. The molecule has 0 bridgehead atoms. The molecule has 2 N–H and O–H groups in total. The Morgan fingerprint density at radius 2 is 1.73 bits per heavy atom. The normalized spacial score (nSPS) is 11.8. The lowest BCUT2D eigenvalue weighted by Gasteiger charge is -2.16. The minimum absolute atomic E-state index is 0.141. The molecule has 30 heavy (non-hydrogen) atoms. The summed E-state index contributed by atoms with van der Waals surface area (Å²) in [5.41, 5.74) is 3.24. The summed E-state index contributed by atoms with van der Waals surface area (Å²) in [5.74, 6) is 1.29. The van der Waals surface area contributed by atoms with Crippen molar-refractivity contribution >= 4 is 34.4 Å². The summed E-state index contributed by atoms with van der Waals surface area (Å²) in [5, 5.41) is 3.16. The number of aromatic amines is 1. The number of rotatable bonds is 7. The minimum atomic E-state index is -0.486. The maximum absolute atomic E-state index is 13.2. The largest absolute Gasteiger partial charge is 0.497 e. The standard InChI is InChI=1S/C23H21N3O3S/c1-28-17-10-6-9-16(13-17)24-22(27)21(15-7-4-3-5-8-15)30-23-25-19-12-11-18(29-2)14-20(19)26-23/h3-14,21H,1-2H3,(H,24,27)(H,25,26)/t21-/m1/s1. The fraction of sp³-hybridized carbons (Fsp3) is 0.130. The molecule has 0 aliphatic carbocycles. The number of carbonyl (C=O) groups is 1. The van der Waals surface area contributed by atoms with E-state index in [1.165, 1.54) is 11.8 Å². The summed E-state index contributed by atoms with van der Waals surface area (Å²) in [6.45, 7) is 0. The zero-order valence-electron chi connectivity index (χ0n) is 16.6. The molecule has 6 nitrogen and oxygen atoms in total. The van der Waals surface area contributed by atoms with E-state index in [0.29, 0.717) is 16.6 Å². The Kier molecular flexibility index (Phi) is 5.90. The number of hydrogen-bond acceptors (Lipinski definition) is 5. The van der Waals surface area contributed by atoms with Crippen molar-refractivity contribution in [2.45, 2.75) is 10.4 Å². The predicted octanol–water partition coefficient (Wildman–Crippen LogP) is 5.05. The van der Waals surface area contributed by atoms with Crippen molar-refractivity contribution in [2.24, 2.45) is 0 Å². The van der Waals surface area contributed by atoms with E-state index < -0.39 is 5.25 Å². The van der Waals surface area contributed by atoms with Crippen molar-refractivity contribution in [1.29, 1.82) is 0 Å². The van der Waals surface area contributed by atoms with Gasteiger partial charge >= 0.3 is 0 Å². The average molecular weight is 420 g/mol. The molecule has 0 unspecified atom stereocenters. The Balaban J connectivity index is 1.62. The van der Waals surface area contributed by atoms with Crippen LogP contribution in [0.4, 0.5) is 5.69 Å². The minimum Gasteiger partial charge on any atom is -0.497 e. The summed E-state index contributed by atoms with van der Waals surface area (Å²) < 4.78 is 10.5. The Hall–Kier alpha value is -3.45. The number of benzene rings is 3. The Labute approximate surface area is 178 Å². The van der Waals surface area contributed by atoms with Crippen LogP contribution < -0.4 is 14.8 Å². The molecule has 0 saturated carbocycles. The van der Waals surface area contributed by atoms with E-state index in [0.717, 1.165) is 22.3 Å². The first-order chi connectivity index (χ1) is 14.7. The van der Waals surface area contributed by atoms with Crippen LogP contribution in [0.5, 0.6) is 11.5 Å². The van der Waals surface area contributed by atoms with Crippen LogP contribution >= 0.6 is 11.8 Å². The monoisotopic (exact) mass is 419 g/mol. The van der Waals surface area contributed by atoms with Gasteiger partial charge in [0.05, 0.1) is 25.3 Å². The highest BCUT2D eigenvalue weighted by atomic mass is 32.2. The molecule has 0 aliphatic rings. The van der Waals surface area contributed by atoms with Crippen molar-refractivity contribution in [2.75, 3.05) is 19.5 Å². The van der Waals surface area contributed by atoms with Crippen molar-refractivity contribution in [3.05, 3.63) is 78.4 Å². The van der Waals surface area contributed by atoms with Crippen LogP contribution in [0.25, 0.3) is 11.0 Å². The summed E-state index contributed by atoms with van der Waals surface area (Å²) in [6.07, 6.45) is 0. The number of H-pyrrole nitrogens is 1. The van der Waals surface area contributed by atoms with Gasteiger partial charge in [-0.1, -0.05) is 48.2 Å². The number of imidazole rings is 1. The van der Waals surface area contributed by atoms with Gasteiger partial charge in [-0.2, -0.15) is 0 Å². The molecule has 1 heterocycles. The number of thioether (sulfide) groups is 1. The fourth-order valence-corrected chi connectivity index (χ4v) is 4.07. The molecular formula is C23H21N3O3S. The second-order valence-electron chi connectivity index (χ2n) is 6.55. The summed E-state index contributed by atoms with van der Waals surface area (Å²) in [4.78, 5) is 21.1. The maximum atomic E-state index is 13.2. The summed E-state index contributed by atoms with van der Waals surface area (Å²) in [7, 11) is 3.22. The van der Waals surface area contributed by atoms with Crippen molar-refractivity contribution in [1.82, 2.24) is 9.97 Å². The fourth-order valence-electron chi connectivity index (χ4n) is 3.07. The number of ether oxygens (including phenoxy) is 2. The first-order valence-corrected chi connectivity index (χ1v) is 10.2. The zero-order valence-corrected chi connectivity index (χ0v) is 17.4. The van der Waals surface area contributed by atoms with E-state index in [1.54, 1.807) is 20.3 Å². The van der Waals surface area contributed by atoms with Crippen molar-refractivity contribution in [3.8, 4) is 11.5 Å². The molecule has 1 amide bonds. The van der Waals surface area contributed by atoms with E-state index >= 15 is 0 Å². The van der Waals surface area contributed by atoms with E-state index in [2.05, 4.69) is 15.3 Å². The van der Waals surface area contributed by atoms with Crippen LogP contribution in [0.2, 0.25) is 0 Å². The van der Waals surface area contributed by atoms with Crippen LogP contribution in [-0.4, -0.2) is 30.1 Å². The van der Waals surface area contributed by atoms with Crippen LogP contribution in [-0.2, 0) is 4.79 Å². The molecular weight excluding hydrogens is 398 g/mol. The molecule has 4 rings (SSSR count). The SMILES string of the molecule is COc1cccc(NC(=O)[C@H](Sc2nc3ccc(OC)cc3[nH]2)c2ccccc2)c1. The van der Waals surface area contributed by atoms with Gasteiger partial charge in [0.15, 0.2) is 5.16 Å². The molecule has 7 heteroatoms. The number of nitrogens with one attached hydrogen (secondary N) is 2. The Bertz CT molecular complexity index is 1160. The van der Waals surface area contributed by atoms with E-state index in [9.17, 15) is 4.79 Å². The quantitative estimate of drug-likeness (QED) is 0.410. The first kappa shape index (κ1) is 19.8. The number of carbonyl (C=O) groups excluding carboxylic acids is 1. The molecule has 0 saturated heterocycles. The van der Waals surface area contributed by atoms with E-state index in [4.69, 9.17) is 9.47 Å². The second-order valence-corrected chi connectivity index (χ2v) is 7.65. The molecule has 0 radical (unpaired) electrons. The number of hydrogen-bond donors (Lipinski definition) is 2. The number of fused-ring (bicyclic) bond motifs is 1. The third-order valence-electron chi connectivity index (χ3n) is 4.57. The van der Waals surface area contributed by atoms with Gasteiger partial charge in [-0.25, -0.2) is 4.98 Å². The van der Waals surface area contributed by atoms with Gasteiger partial charge in [0, 0.05) is 17.8 Å². The second kappa shape index (κ2) is 8.92. The number of anilines is 1. The summed E-state index contributed by atoms with van der Waals surface area (Å²) in [6, 6.07) is 22.6. The highest BCUT2D eigenvalue weighted by molar-refractivity contribution is 8.00. The molecule has 3 aromatic carbocycles. The number of aromatic nitrogens is 2. The predicted molar refractivity (Wildman–Crippen MR) is 119 cm³/mol. The topological polar surface area (TPSA) is 76.2 Å². The zero-order chi connectivity index (χ0) is 20.9. The van der Waals surface area contributed by atoms with Crippen molar-refractivity contribution < 1.29 is 14.3 Å². The third-order valence-corrected chi connectivity index (χ3v) is 5.71. The van der Waals surface area contributed by atoms with Gasteiger partial charge in [0.2, 0.25) is 5.91 Å². The van der Waals surface area contributed by atoms with Gasteiger partial charge < -0.3 is 19.8 Å². The molecule has 152 valence electrons. The highest BCUT2D eigenvalue weighted by Gasteiger charge is 2.24. The first-order valence-electron chi connectivity index (χ1n) is 9.36. The van der Waals surface area contributed by atoms with Gasteiger partial charge in [-0.05, 0) is 29.8 Å². The number of methoxy groups -OCH3 is 2. The van der Waals surface area contributed by atoms with Crippen LogP contribution in [0.1, 0.15) is 10.8 Å². The van der Waals surface area contributed by atoms with E-state index in [-0.39, 0.29) is 5.91 Å². The molecule has 1 atom stereocenters. The maximum Gasteiger partial charge on any atom is 0.242 e. The lowest BCUT2D eigenvalue weighted by molar-refractivity contribution is -0.115. The van der Waals surface area contributed by atoms with Crippen LogP contribution in [0, 0.1) is 0 Å². The third kappa shape index (κ3) is 4.41. The smallest absolute Gasteiger partial charge is 0.242 e. The van der Waals surface area contributed by atoms with Gasteiger partial charge in [-0.3, -0.25) is 4.79 Å². The van der Waals surface area contributed by atoms with E-state index in [1.807, 2.05) is 66.7 Å². The molecule has 0 spiro atoms. The average Bonchev–Trinajstić information content (AvgIpc) is 3.19.